The molecule has 0 radical (unpaired) electrons. The van der Waals surface area contributed by atoms with Gasteiger partial charge in [0.05, 0.1) is 10.6 Å². The van der Waals surface area contributed by atoms with Gasteiger partial charge in [0.2, 0.25) is 0 Å². The second-order valence-corrected chi connectivity index (χ2v) is 6.73. The number of epoxide rings is 1. The monoisotopic (exact) mass is 278 g/mol. The number of benzene rings is 1. The van der Waals surface area contributed by atoms with Gasteiger partial charge in [-0.2, -0.15) is 5.26 Å². The van der Waals surface area contributed by atoms with E-state index in [0.29, 0.717) is 5.56 Å². The van der Waals surface area contributed by atoms with Crippen LogP contribution in [-0.2, 0) is 25.0 Å². The van der Waals surface area contributed by atoms with Crippen LogP contribution in [0.3, 0.4) is 0 Å². The first-order valence-corrected chi connectivity index (χ1v) is 7.28. The zero-order valence-corrected chi connectivity index (χ0v) is 10.6. The number of hydrogen-bond donors (Lipinski definition) is 1. The first-order chi connectivity index (χ1) is 8.90. The van der Waals surface area contributed by atoms with Gasteiger partial charge < -0.3 is 10.5 Å². The van der Waals surface area contributed by atoms with Crippen LogP contribution in [0.1, 0.15) is 12.0 Å². The number of sulfone groups is 1. The highest BCUT2D eigenvalue weighted by Crippen LogP contribution is 2.61. The summed E-state index contributed by atoms with van der Waals surface area (Å²) >= 11 is 0. The molecule has 2 aliphatic rings. The van der Waals surface area contributed by atoms with E-state index in [2.05, 4.69) is 0 Å². The first-order valence-electron chi connectivity index (χ1n) is 5.63. The van der Waals surface area contributed by atoms with Gasteiger partial charge in [-0.3, -0.25) is 4.79 Å². The molecule has 2 aliphatic heterocycles. The normalized spacial score (nSPS) is 34.3. The Morgan fingerprint density at radius 2 is 2.11 bits per heavy atom. The molecule has 0 saturated carbocycles. The van der Waals surface area contributed by atoms with Crippen LogP contribution in [0.2, 0.25) is 0 Å². The predicted molar refractivity (Wildman–Crippen MR) is 63.4 cm³/mol. The number of carbonyl (C=O) groups is 1. The maximum atomic E-state index is 12.0. The number of primary amides is 1. The van der Waals surface area contributed by atoms with Gasteiger partial charge in [-0.15, -0.1) is 0 Å². The van der Waals surface area contributed by atoms with E-state index in [1.807, 2.05) is 0 Å². The van der Waals surface area contributed by atoms with Gasteiger partial charge >= 0.3 is 0 Å². The standard InChI is InChI=1S/C12H10N2O4S/c13-7-12(10(14)15)11(18-12)5-6-19(16,17)9-4-2-1-3-8(9)11/h1-4H,5-6H2,(H2,14,15)/t11-,12-/m0/s1. The van der Waals surface area contributed by atoms with Gasteiger partial charge in [0.15, 0.2) is 9.84 Å². The van der Waals surface area contributed by atoms with Gasteiger partial charge in [0, 0.05) is 5.56 Å². The molecule has 1 fully saturated rings. The molecular formula is C12H10N2O4S. The molecule has 7 heteroatoms. The minimum atomic E-state index is -3.40. The zero-order chi connectivity index (χ0) is 13.9. The molecule has 6 nitrogen and oxygen atoms in total. The SMILES string of the molecule is N#C[C@@]1(C(N)=O)O[C@]12CCS(=O)(=O)c1ccccc12. The lowest BCUT2D eigenvalue weighted by molar-refractivity contribution is -0.121. The summed E-state index contributed by atoms with van der Waals surface area (Å²) in [5.74, 6) is -1.05. The van der Waals surface area contributed by atoms with Crippen molar-refractivity contribution in [1.29, 1.82) is 5.26 Å². The second-order valence-electron chi connectivity index (χ2n) is 4.65. The van der Waals surface area contributed by atoms with Crippen LogP contribution in [0.4, 0.5) is 0 Å². The van der Waals surface area contributed by atoms with Crippen LogP contribution in [0.15, 0.2) is 29.2 Å². The Morgan fingerprint density at radius 3 is 2.68 bits per heavy atom. The summed E-state index contributed by atoms with van der Waals surface area (Å²) in [6.07, 6.45) is 0.0584. The molecule has 98 valence electrons. The number of carbonyl (C=O) groups excluding carboxylic acids is 1. The number of ether oxygens (including phenoxy) is 1. The lowest BCUT2D eigenvalue weighted by atomic mass is 9.84. The summed E-state index contributed by atoms with van der Waals surface area (Å²) in [7, 11) is -3.40. The van der Waals surface area contributed by atoms with Crippen molar-refractivity contribution in [2.75, 3.05) is 5.75 Å². The summed E-state index contributed by atoms with van der Waals surface area (Å²) in [5, 5.41) is 9.17. The number of nitriles is 1. The molecule has 0 aliphatic carbocycles. The van der Waals surface area contributed by atoms with E-state index in [1.165, 1.54) is 6.07 Å². The molecule has 1 saturated heterocycles. The van der Waals surface area contributed by atoms with Crippen LogP contribution in [0.5, 0.6) is 0 Å². The smallest absolute Gasteiger partial charge is 0.268 e. The highest BCUT2D eigenvalue weighted by atomic mass is 32.2. The molecule has 1 spiro atoms. The van der Waals surface area contributed by atoms with Crippen LogP contribution in [0.25, 0.3) is 0 Å². The van der Waals surface area contributed by atoms with Crippen LogP contribution >= 0.6 is 0 Å². The lowest BCUT2D eigenvalue weighted by Crippen LogP contribution is -2.40. The number of hydrogen-bond acceptors (Lipinski definition) is 5. The average Bonchev–Trinajstić information content (AvgIpc) is 3.06. The van der Waals surface area contributed by atoms with Crippen molar-refractivity contribution < 1.29 is 17.9 Å². The van der Waals surface area contributed by atoms with Crippen LogP contribution in [0, 0.1) is 11.3 Å². The Morgan fingerprint density at radius 1 is 1.42 bits per heavy atom. The summed E-state index contributed by atoms with van der Waals surface area (Å²) in [6, 6.07) is 8.05. The highest BCUT2D eigenvalue weighted by Gasteiger charge is 2.77. The molecule has 19 heavy (non-hydrogen) atoms. The topological polar surface area (TPSA) is 114 Å². The predicted octanol–water partition coefficient (Wildman–Crippen LogP) is -0.163. The Bertz CT molecular complexity index is 736. The molecule has 1 aromatic rings. The van der Waals surface area contributed by atoms with Gasteiger partial charge in [0.1, 0.15) is 11.7 Å². The molecule has 0 bridgehead atoms. The van der Waals surface area contributed by atoms with E-state index in [9.17, 15) is 18.5 Å². The van der Waals surface area contributed by atoms with Crippen molar-refractivity contribution in [3.63, 3.8) is 0 Å². The third-order valence-corrected chi connectivity index (χ3v) is 5.51. The highest BCUT2D eigenvalue weighted by molar-refractivity contribution is 7.91. The number of rotatable bonds is 1. The Kier molecular flexibility index (Phi) is 2.14. The van der Waals surface area contributed by atoms with Gasteiger partial charge in [-0.1, -0.05) is 18.2 Å². The van der Waals surface area contributed by atoms with Crippen LogP contribution < -0.4 is 5.73 Å². The number of fused-ring (bicyclic) bond motifs is 2. The third kappa shape index (κ3) is 1.27. The minimum Gasteiger partial charge on any atom is -0.366 e. The molecular weight excluding hydrogens is 268 g/mol. The summed E-state index contributed by atoms with van der Waals surface area (Å²) in [6.45, 7) is 0. The van der Waals surface area contributed by atoms with E-state index >= 15 is 0 Å². The van der Waals surface area contributed by atoms with Crippen molar-refractivity contribution in [2.24, 2.45) is 5.73 Å². The molecule has 3 rings (SSSR count). The summed E-state index contributed by atoms with van der Waals surface area (Å²) < 4.78 is 29.4. The second kappa shape index (κ2) is 3.35. The van der Waals surface area contributed by atoms with Crippen LogP contribution in [-0.4, -0.2) is 25.7 Å². The van der Waals surface area contributed by atoms with E-state index in [4.69, 9.17) is 10.5 Å². The molecule has 0 unspecified atom stereocenters. The number of amides is 1. The van der Waals surface area contributed by atoms with Crippen molar-refractivity contribution in [3.8, 4) is 6.07 Å². The van der Waals surface area contributed by atoms with Crippen molar-refractivity contribution in [1.82, 2.24) is 0 Å². The van der Waals surface area contributed by atoms with E-state index in [1.54, 1.807) is 24.3 Å². The number of nitrogens with two attached hydrogens (primary N) is 1. The molecule has 2 N–H and O–H groups in total. The fourth-order valence-electron chi connectivity index (χ4n) is 2.72. The minimum absolute atomic E-state index is 0.0584. The van der Waals surface area contributed by atoms with E-state index in [0.717, 1.165) is 0 Å². The molecule has 2 heterocycles. The first kappa shape index (κ1) is 12.1. The zero-order valence-electron chi connectivity index (χ0n) is 9.79. The largest absolute Gasteiger partial charge is 0.366 e. The average molecular weight is 278 g/mol. The molecule has 1 amide bonds. The molecule has 2 atom stereocenters. The maximum Gasteiger partial charge on any atom is 0.268 e. The maximum absolute atomic E-state index is 12.0. The van der Waals surface area contributed by atoms with Gasteiger partial charge in [0.25, 0.3) is 11.5 Å². The van der Waals surface area contributed by atoms with Crippen molar-refractivity contribution >= 4 is 15.7 Å². The Hall–Kier alpha value is -1.91. The summed E-state index contributed by atoms with van der Waals surface area (Å²) in [5.41, 5.74) is 2.62. The van der Waals surface area contributed by atoms with Crippen molar-refractivity contribution in [3.05, 3.63) is 29.8 Å². The molecule has 0 aromatic heterocycles. The van der Waals surface area contributed by atoms with Gasteiger partial charge in [-0.25, -0.2) is 8.42 Å². The van der Waals surface area contributed by atoms with E-state index in [-0.39, 0.29) is 17.1 Å². The lowest BCUT2D eigenvalue weighted by Gasteiger charge is -2.23. The summed E-state index contributed by atoms with van der Waals surface area (Å²) in [4.78, 5) is 11.6. The fraction of sp³-hybridized carbons (Fsp3) is 0.333. The van der Waals surface area contributed by atoms with Gasteiger partial charge in [-0.05, 0) is 12.5 Å². The Balaban J connectivity index is 2.25. The fourth-order valence-corrected chi connectivity index (χ4v) is 4.35. The third-order valence-electron chi connectivity index (χ3n) is 3.74. The molecule has 1 aromatic carbocycles. The number of nitrogens with zero attached hydrogens (tertiary/aromatic N) is 1. The van der Waals surface area contributed by atoms with Crippen molar-refractivity contribution in [2.45, 2.75) is 22.5 Å². The Labute approximate surface area is 109 Å². The van der Waals surface area contributed by atoms with E-state index < -0.39 is 26.9 Å². The quantitative estimate of drug-likeness (QED) is 0.717.